The van der Waals surface area contributed by atoms with E-state index in [0.717, 1.165) is 5.69 Å². The van der Waals surface area contributed by atoms with Crippen molar-refractivity contribution in [2.45, 2.75) is 47.1 Å². The van der Waals surface area contributed by atoms with Crippen molar-refractivity contribution in [1.82, 2.24) is 15.1 Å². The van der Waals surface area contributed by atoms with E-state index in [2.05, 4.69) is 15.7 Å². The van der Waals surface area contributed by atoms with E-state index in [0.29, 0.717) is 41.0 Å². The van der Waals surface area contributed by atoms with Gasteiger partial charge < -0.3 is 10.6 Å². The van der Waals surface area contributed by atoms with E-state index in [1.54, 1.807) is 28.9 Å². The highest BCUT2D eigenvalue weighted by Crippen LogP contribution is 2.22. The first kappa shape index (κ1) is 21.0. The van der Waals surface area contributed by atoms with Gasteiger partial charge in [0.25, 0.3) is 11.8 Å². The highest BCUT2D eigenvalue weighted by Gasteiger charge is 2.17. The van der Waals surface area contributed by atoms with Crippen LogP contribution in [0.2, 0.25) is 5.02 Å². The number of halogens is 1. The van der Waals surface area contributed by atoms with E-state index >= 15 is 0 Å². The summed E-state index contributed by atoms with van der Waals surface area (Å²) in [6.45, 7) is 11.2. The molecule has 0 saturated carbocycles. The molecule has 1 aromatic carbocycles. The van der Waals surface area contributed by atoms with Crippen molar-refractivity contribution in [1.29, 1.82) is 0 Å². The van der Waals surface area contributed by atoms with Gasteiger partial charge in [-0.2, -0.15) is 5.10 Å². The second-order valence-electron chi connectivity index (χ2n) is 7.18. The minimum atomic E-state index is -0.260. The Balaban J connectivity index is 2.15. The maximum atomic E-state index is 12.6. The summed E-state index contributed by atoms with van der Waals surface area (Å²) in [6.07, 6.45) is 0. The molecule has 7 heteroatoms. The van der Waals surface area contributed by atoms with Crippen LogP contribution >= 0.6 is 11.6 Å². The number of aromatic nitrogens is 2. The van der Waals surface area contributed by atoms with Gasteiger partial charge in [-0.3, -0.25) is 14.3 Å². The summed E-state index contributed by atoms with van der Waals surface area (Å²) >= 11 is 6.24. The Labute approximate surface area is 165 Å². The van der Waals surface area contributed by atoms with Gasteiger partial charge in [-0.25, -0.2) is 0 Å². The average molecular weight is 391 g/mol. The normalized spacial score (nSPS) is 11.1. The monoisotopic (exact) mass is 390 g/mol. The summed E-state index contributed by atoms with van der Waals surface area (Å²) in [6, 6.07) is 6.67. The number of aryl methyl sites for hydroxylation is 1. The Bertz CT molecular complexity index is 827. The molecule has 0 fully saturated rings. The quantitative estimate of drug-likeness (QED) is 0.739. The van der Waals surface area contributed by atoms with Crippen molar-refractivity contribution in [2.24, 2.45) is 5.92 Å². The van der Waals surface area contributed by atoms with Crippen LogP contribution in [-0.2, 0) is 6.54 Å². The molecule has 0 radical (unpaired) electrons. The zero-order valence-corrected chi connectivity index (χ0v) is 17.2. The fourth-order valence-corrected chi connectivity index (χ4v) is 2.77. The fraction of sp³-hybridized carbons (Fsp3) is 0.450. The highest BCUT2D eigenvalue weighted by molar-refractivity contribution is 6.34. The summed E-state index contributed by atoms with van der Waals surface area (Å²) in [7, 11) is 0. The number of anilines is 1. The lowest BCUT2D eigenvalue weighted by Gasteiger charge is -2.11. The van der Waals surface area contributed by atoms with Gasteiger partial charge >= 0.3 is 0 Å². The van der Waals surface area contributed by atoms with Gasteiger partial charge in [0.2, 0.25) is 0 Å². The van der Waals surface area contributed by atoms with Crippen molar-refractivity contribution in [3.05, 3.63) is 46.2 Å². The lowest BCUT2D eigenvalue weighted by molar-refractivity contribution is 0.0948. The van der Waals surface area contributed by atoms with Crippen molar-refractivity contribution in [3.63, 3.8) is 0 Å². The van der Waals surface area contributed by atoms with Crippen molar-refractivity contribution in [3.8, 4) is 0 Å². The molecular formula is C20H27ClN4O2. The first-order chi connectivity index (χ1) is 12.7. The standard InChI is InChI=1S/C20H27ClN4O2/c1-6-25-18(10-17(24-25)13(4)5)20(27)23-14-7-8-15(16(21)9-14)19(26)22-11-12(2)3/h7-10,12-13H,6,11H2,1-5H3,(H,22,26)(H,23,27). The summed E-state index contributed by atoms with van der Waals surface area (Å²) in [5.74, 6) is 0.106. The lowest BCUT2D eigenvalue weighted by atomic mass is 10.1. The number of benzene rings is 1. The molecule has 0 aliphatic carbocycles. The van der Waals surface area contributed by atoms with Gasteiger partial charge in [-0.15, -0.1) is 0 Å². The maximum absolute atomic E-state index is 12.6. The summed E-state index contributed by atoms with van der Waals surface area (Å²) in [5.41, 5.74) is 2.28. The van der Waals surface area contributed by atoms with E-state index in [9.17, 15) is 9.59 Å². The van der Waals surface area contributed by atoms with E-state index in [1.807, 2.05) is 34.6 Å². The summed E-state index contributed by atoms with van der Waals surface area (Å²) < 4.78 is 1.68. The first-order valence-corrected chi connectivity index (χ1v) is 9.57. The molecular weight excluding hydrogens is 364 g/mol. The number of carbonyl (C=O) groups is 2. The van der Waals surface area contributed by atoms with Gasteiger partial charge in [0.15, 0.2) is 0 Å². The zero-order valence-electron chi connectivity index (χ0n) is 16.5. The highest BCUT2D eigenvalue weighted by atomic mass is 35.5. The van der Waals surface area contributed by atoms with Gasteiger partial charge in [0.05, 0.1) is 16.3 Å². The largest absolute Gasteiger partial charge is 0.352 e. The smallest absolute Gasteiger partial charge is 0.273 e. The molecule has 2 N–H and O–H groups in total. The van der Waals surface area contributed by atoms with Crippen LogP contribution in [0.3, 0.4) is 0 Å². The Morgan fingerprint density at radius 2 is 1.85 bits per heavy atom. The van der Waals surface area contributed by atoms with Crippen LogP contribution in [-0.4, -0.2) is 28.1 Å². The topological polar surface area (TPSA) is 76.0 Å². The van der Waals surface area contributed by atoms with Gasteiger partial charge in [0, 0.05) is 18.8 Å². The lowest BCUT2D eigenvalue weighted by Crippen LogP contribution is -2.27. The summed E-state index contributed by atoms with van der Waals surface area (Å²) in [5, 5.41) is 10.4. The Kier molecular flexibility index (Phi) is 7.02. The van der Waals surface area contributed by atoms with Crippen LogP contribution in [0, 0.1) is 5.92 Å². The second kappa shape index (κ2) is 9.04. The van der Waals surface area contributed by atoms with Crippen LogP contribution in [0.15, 0.2) is 24.3 Å². The number of hydrogen-bond acceptors (Lipinski definition) is 3. The molecule has 0 aliphatic heterocycles. The number of nitrogens with zero attached hydrogens (tertiary/aromatic N) is 2. The minimum absolute atomic E-state index is 0.225. The van der Waals surface area contributed by atoms with Crippen LogP contribution in [0.1, 0.15) is 67.1 Å². The van der Waals surface area contributed by atoms with E-state index in [-0.39, 0.29) is 17.7 Å². The molecule has 1 heterocycles. The molecule has 0 atom stereocenters. The Hall–Kier alpha value is -2.34. The molecule has 27 heavy (non-hydrogen) atoms. The van der Waals surface area contributed by atoms with Gasteiger partial charge in [0.1, 0.15) is 5.69 Å². The maximum Gasteiger partial charge on any atom is 0.273 e. The van der Waals surface area contributed by atoms with Crippen molar-refractivity contribution in [2.75, 3.05) is 11.9 Å². The Morgan fingerprint density at radius 1 is 1.15 bits per heavy atom. The third kappa shape index (κ3) is 5.32. The molecule has 2 amide bonds. The molecule has 0 spiro atoms. The molecule has 1 aromatic heterocycles. The third-order valence-electron chi connectivity index (χ3n) is 4.07. The molecule has 0 saturated heterocycles. The van der Waals surface area contributed by atoms with E-state index in [1.165, 1.54) is 0 Å². The molecule has 146 valence electrons. The molecule has 6 nitrogen and oxygen atoms in total. The van der Waals surface area contributed by atoms with Crippen LogP contribution < -0.4 is 10.6 Å². The molecule has 2 aromatic rings. The minimum Gasteiger partial charge on any atom is -0.352 e. The number of rotatable bonds is 7. The van der Waals surface area contributed by atoms with E-state index in [4.69, 9.17) is 11.6 Å². The predicted octanol–water partition coefficient (Wildman–Crippen LogP) is 4.32. The van der Waals surface area contributed by atoms with E-state index < -0.39 is 0 Å². The number of nitrogens with one attached hydrogen (secondary N) is 2. The van der Waals surface area contributed by atoms with Crippen molar-refractivity contribution >= 4 is 29.1 Å². The number of hydrogen-bond donors (Lipinski definition) is 2. The van der Waals surface area contributed by atoms with Gasteiger partial charge in [-0.1, -0.05) is 39.3 Å². The zero-order chi connectivity index (χ0) is 20.1. The molecule has 2 rings (SSSR count). The molecule has 0 unspecified atom stereocenters. The average Bonchev–Trinajstić information content (AvgIpc) is 3.04. The summed E-state index contributed by atoms with van der Waals surface area (Å²) in [4.78, 5) is 24.8. The van der Waals surface area contributed by atoms with Crippen LogP contribution in [0.5, 0.6) is 0 Å². The fourth-order valence-electron chi connectivity index (χ4n) is 2.51. The first-order valence-electron chi connectivity index (χ1n) is 9.19. The third-order valence-corrected chi connectivity index (χ3v) is 4.38. The predicted molar refractivity (Wildman–Crippen MR) is 109 cm³/mol. The van der Waals surface area contributed by atoms with Gasteiger partial charge in [-0.05, 0) is 43.0 Å². The SMILES string of the molecule is CCn1nc(C(C)C)cc1C(=O)Nc1ccc(C(=O)NCC(C)C)c(Cl)c1. The van der Waals surface area contributed by atoms with Crippen LogP contribution in [0.25, 0.3) is 0 Å². The number of carbonyl (C=O) groups excluding carboxylic acids is 2. The molecule has 0 aliphatic rings. The van der Waals surface area contributed by atoms with Crippen LogP contribution in [0.4, 0.5) is 5.69 Å². The number of amides is 2. The Morgan fingerprint density at radius 3 is 2.41 bits per heavy atom. The van der Waals surface area contributed by atoms with Crippen molar-refractivity contribution < 1.29 is 9.59 Å². The second-order valence-corrected chi connectivity index (χ2v) is 7.58. The molecule has 0 bridgehead atoms.